The second kappa shape index (κ2) is 5.74. The zero-order valence-corrected chi connectivity index (χ0v) is 12.7. The molecule has 1 saturated heterocycles. The van der Waals surface area contributed by atoms with E-state index in [0.717, 1.165) is 5.75 Å². The van der Waals surface area contributed by atoms with Crippen molar-refractivity contribution in [2.75, 3.05) is 19.7 Å². The topological polar surface area (TPSA) is 38.5 Å². The second-order valence-corrected chi connectivity index (χ2v) is 6.29. The Morgan fingerprint density at radius 1 is 1.10 bits per heavy atom. The van der Waals surface area contributed by atoms with E-state index >= 15 is 0 Å². The monoisotopic (exact) mass is 274 g/mol. The number of ether oxygens (including phenoxy) is 1. The van der Waals surface area contributed by atoms with Crippen LogP contribution in [0.25, 0.3) is 0 Å². The van der Waals surface area contributed by atoms with Crippen molar-refractivity contribution >= 4 is 0 Å². The minimum Gasteiger partial charge on any atom is -0.492 e. The summed E-state index contributed by atoms with van der Waals surface area (Å²) >= 11 is 0. The molecule has 2 aliphatic heterocycles. The fraction of sp³-hybridized carbons (Fsp3) is 0.647. The molecule has 2 atom stereocenters. The minimum absolute atomic E-state index is 0.0844. The van der Waals surface area contributed by atoms with E-state index in [9.17, 15) is 0 Å². The average Bonchev–Trinajstić information content (AvgIpc) is 2.72. The van der Waals surface area contributed by atoms with Crippen LogP contribution in [0.15, 0.2) is 12.1 Å². The molecule has 0 aromatic heterocycles. The van der Waals surface area contributed by atoms with Gasteiger partial charge in [0.2, 0.25) is 0 Å². The van der Waals surface area contributed by atoms with Gasteiger partial charge in [0.15, 0.2) is 0 Å². The molecule has 1 fully saturated rings. The number of aryl methyl sites for hydroxylation is 1. The quantitative estimate of drug-likeness (QED) is 0.855. The predicted molar refractivity (Wildman–Crippen MR) is 82.2 cm³/mol. The van der Waals surface area contributed by atoms with Gasteiger partial charge in [0.05, 0.1) is 12.1 Å². The van der Waals surface area contributed by atoms with E-state index in [1.807, 2.05) is 0 Å². The molecule has 0 radical (unpaired) electrons. The first-order chi connectivity index (χ1) is 9.68. The third-order valence-electron chi connectivity index (χ3n) is 4.91. The van der Waals surface area contributed by atoms with E-state index in [-0.39, 0.29) is 6.04 Å². The fourth-order valence-electron chi connectivity index (χ4n) is 3.62. The number of rotatable bonds is 1. The molecule has 1 aromatic carbocycles. The largest absolute Gasteiger partial charge is 0.492 e. The van der Waals surface area contributed by atoms with Crippen molar-refractivity contribution in [1.82, 2.24) is 4.90 Å². The van der Waals surface area contributed by atoms with Crippen molar-refractivity contribution in [2.45, 2.75) is 51.6 Å². The van der Waals surface area contributed by atoms with Gasteiger partial charge in [0.1, 0.15) is 12.4 Å². The van der Waals surface area contributed by atoms with E-state index in [1.165, 1.54) is 55.5 Å². The van der Waals surface area contributed by atoms with Crippen LogP contribution in [0.2, 0.25) is 0 Å². The van der Waals surface area contributed by atoms with E-state index in [0.29, 0.717) is 12.6 Å². The van der Waals surface area contributed by atoms with Gasteiger partial charge in [0.25, 0.3) is 0 Å². The smallest absolute Gasteiger partial charge is 0.124 e. The number of benzene rings is 1. The number of nitrogens with zero attached hydrogens (tertiary/aromatic N) is 1. The Bertz CT molecular complexity index is 478. The summed E-state index contributed by atoms with van der Waals surface area (Å²) in [5, 5.41) is 0. The summed E-state index contributed by atoms with van der Waals surface area (Å²) in [5.74, 6) is 1.05. The highest BCUT2D eigenvalue weighted by Gasteiger charge is 2.34. The van der Waals surface area contributed by atoms with Gasteiger partial charge < -0.3 is 10.5 Å². The number of likely N-dealkylation sites (tertiary alicyclic amines) is 1. The number of fused-ring (bicyclic) bond motifs is 1. The Labute approximate surface area is 122 Å². The summed E-state index contributed by atoms with van der Waals surface area (Å²) in [7, 11) is 0. The standard InChI is InChI=1S/C17H26N2O/c1-12-7-8-15-16(13(12)2)17(14(18)11-20-15)19-9-5-3-4-6-10-19/h7-8,14,17H,3-6,9-11,18H2,1-2H3. The molecule has 2 heterocycles. The number of hydrogen-bond donors (Lipinski definition) is 1. The lowest BCUT2D eigenvalue weighted by molar-refractivity contribution is 0.121. The van der Waals surface area contributed by atoms with Crippen molar-refractivity contribution in [3.05, 3.63) is 28.8 Å². The van der Waals surface area contributed by atoms with Gasteiger partial charge in [-0.1, -0.05) is 18.9 Å². The second-order valence-electron chi connectivity index (χ2n) is 6.29. The first-order valence-corrected chi connectivity index (χ1v) is 7.91. The molecule has 0 spiro atoms. The van der Waals surface area contributed by atoms with Crippen LogP contribution in [0.3, 0.4) is 0 Å². The van der Waals surface area contributed by atoms with Crippen LogP contribution in [0, 0.1) is 13.8 Å². The van der Waals surface area contributed by atoms with Crippen molar-refractivity contribution < 1.29 is 4.74 Å². The van der Waals surface area contributed by atoms with Gasteiger partial charge >= 0.3 is 0 Å². The van der Waals surface area contributed by atoms with Gasteiger partial charge in [-0.2, -0.15) is 0 Å². The number of nitrogens with two attached hydrogens (primary N) is 1. The zero-order chi connectivity index (χ0) is 14.1. The number of hydrogen-bond acceptors (Lipinski definition) is 3. The first-order valence-electron chi connectivity index (χ1n) is 7.91. The highest BCUT2D eigenvalue weighted by atomic mass is 16.5. The molecule has 20 heavy (non-hydrogen) atoms. The van der Waals surface area contributed by atoms with Gasteiger partial charge in [0, 0.05) is 5.56 Å². The summed E-state index contributed by atoms with van der Waals surface area (Å²) in [6.07, 6.45) is 5.30. The summed E-state index contributed by atoms with van der Waals surface area (Å²) in [6, 6.07) is 4.69. The summed E-state index contributed by atoms with van der Waals surface area (Å²) < 4.78 is 5.87. The van der Waals surface area contributed by atoms with E-state index < -0.39 is 0 Å². The van der Waals surface area contributed by atoms with Crippen LogP contribution in [-0.4, -0.2) is 30.6 Å². The van der Waals surface area contributed by atoms with E-state index in [2.05, 4.69) is 30.9 Å². The Morgan fingerprint density at radius 2 is 1.80 bits per heavy atom. The Hall–Kier alpha value is -1.06. The molecule has 2 aliphatic rings. The first kappa shape index (κ1) is 13.9. The SMILES string of the molecule is Cc1ccc2c(c1C)C(N1CCCCCC1)C(N)CO2. The fourth-order valence-corrected chi connectivity index (χ4v) is 3.62. The molecule has 0 amide bonds. The molecule has 110 valence electrons. The van der Waals surface area contributed by atoms with Crippen molar-refractivity contribution in [3.8, 4) is 5.75 Å². The van der Waals surface area contributed by atoms with Gasteiger partial charge in [-0.25, -0.2) is 0 Å². The molecular weight excluding hydrogens is 248 g/mol. The van der Waals surface area contributed by atoms with Crippen molar-refractivity contribution in [1.29, 1.82) is 0 Å². The molecule has 0 aliphatic carbocycles. The van der Waals surface area contributed by atoms with E-state index in [4.69, 9.17) is 10.5 Å². The third kappa shape index (κ3) is 2.45. The normalized spacial score (nSPS) is 27.6. The Balaban J connectivity index is 2.00. The molecule has 2 unspecified atom stereocenters. The molecule has 2 N–H and O–H groups in total. The molecule has 3 heteroatoms. The Kier molecular flexibility index (Phi) is 3.99. The van der Waals surface area contributed by atoms with Crippen molar-refractivity contribution in [2.24, 2.45) is 5.73 Å². The maximum atomic E-state index is 6.43. The predicted octanol–water partition coefficient (Wildman–Crippen LogP) is 2.94. The lowest BCUT2D eigenvalue weighted by Gasteiger charge is -2.40. The molecule has 0 bridgehead atoms. The van der Waals surface area contributed by atoms with Crippen LogP contribution >= 0.6 is 0 Å². The van der Waals surface area contributed by atoms with Crippen LogP contribution in [0.1, 0.15) is 48.4 Å². The van der Waals surface area contributed by atoms with Gasteiger partial charge in [-0.05, 0) is 57.0 Å². The molecule has 1 aromatic rings. The Morgan fingerprint density at radius 3 is 2.50 bits per heavy atom. The van der Waals surface area contributed by atoms with E-state index in [1.54, 1.807) is 0 Å². The molecular formula is C17H26N2O. The average molecular weight is 274 g/mol. The van der Waals surface area contributed by atoms with Crippen molar-refractivity contribution in [3.63, 3.8) is 0 Å². The maximum Gasteiger partial charge on any atom is 0.124 e. The summed E-state index contributed by atoms with van der Waals surface area (Å²) in [4.78, 5) is 2.60. The minimum atomic E-state index is 0.0844. The third-order valence-corrected chi connectivity index (χ3v) is 4.91. The zero-order valence-electron chi connectivity index (χ0n) is 12.7. The highest BCUT2D eigenvalue weighted by Crippen LogP contribution is 2.39. The summed E-state index contributed by atoms with van der Waals surface area (Å²) in [5.41, 5.74) is 10.5. The lowest BCUT2D eigenvalue weighted by atomic mass is 9.89. The van der Waals surface area contributed by atoms with Gasteiger partial charge in [-0.3, -0.25) is 4.90 Å². The maximum absolute atomic E-state index is 6.43. The molecule has 3 nitrogen and oxygen atoms in total. The van der Waals surface area contributed by atoms with Crippen LogP contribution in [0.5, 0.6) is 5.75 Å². The highest BCUT2D eigenvalue weighted by molar-refractivity contribution is 5.48. The van der Waals surface area contributed by atoms with Crippen LogP contribution in [-0.2, 0) is 0 Å². The van der Waals surface area contributed by atoms with Crippen LogP contribution in [0.4, 0.5) is 0 Å². The molecule has 0 saturated carbocycles. The summed E-state index contributed by atoms with van der Waals surface area (Å²) in [6.45, 7) is 7.36. The molecule has 3 rings (SSSR count). The van der Waals surface area contributed by atoms with Gasteiger partial charge in [-0.15, -0.1) is 0 Å². The lowest BCUT2D eigenvalue weighted by Crippen LogP contribution is -2.47. The van der Waals surface area contributed by atoms with Crippen LogP contribution < -0.4 is 10.5 Å².